The molecule has 0 atom stereocenters. The van der Waals surface area contributed by atoms with E-state index in [1.807, 2.05) is 0 Å². The molecule has 1 N–H and O–H groups in total. The number of aromatic nitrogens is 2. The van der Waals surface area contributed by atoms with Gasteiger partial charge in [-0.2, -0.15) is 13.2 Å². The van der Waals surface area contributed by atoms with Gasteiger partial charge in [0.15, 0.2) is 0 Å². The lowest BCUT2D eigenvalue weighted by Crippen LogP contribution is -2.35. The van der Waals surface area contributed by atoms with Crippen LogP contribution in [0.5, 0.6) is 0 Å². The predicted molar refractivity (Wildman–Crippen MR) is 85.3 cm³/mol. The van der Waals surface area contributed by atoms with Crippen LogP contribution >= 0.6 is 0 Å². The number of hydrogen-bond acceptors (Lipinski definition) is 4. The summed E-state index contributed by atoms with van der Waals surface area (Å²) >= 11 is 0. The number of aliphatic carboxylic acids is 1. The number of carbonyl (C=O) groups excluding carboxylic acids is 1. The molecule has 0 radical (unpaired) electrons. The Morgan fingerprint density at radius 2 is 1.77 bits per heavy atom. The first-order chi connectivity index (χ1) is 12.1. The summed E-state index contributed by atoms with van der Waals surface area (Å²) in [7, 11) is 0. The fourth-order valence-electron chi connectivity index (χ4n) is 2.35. The van der Waals surface area contributed by atoms with Crippen molar-refractivity contribution in [1.29, 1.82) is 0 Å². The van der Waals surface area contributed by atoms with Crippen LogP contribution in [0.3, 0.4) is 0 Å². The summed E-state index contributed by atoms with van der Waals surface area (Å²) < 4.78 is 37.9. The van der Waals surface area contributed by atoms with Crippen molar-refractivity contribution in [3.8, 4) is 0 Å². The highest BCUT2D eigenvalue weighted by molar-refractivity contribution is 5.96. The highest BCUT2D eigenvalue weighted by atomic mass is 19.4. The third kappa shape index (κ3) is 4.78. The van der Waals surface area contributed by atoms with Crippen LogP contribution in [0.2, 0.25) is 0 Å². The van der Waals surface area contributed by atoms with Crippen molar-refractivity contribution in [2.24, 2.45) is 0 Å². The highest BCUT2D eigenvalue weighted by Crippen LogP contribution is 2.29. The standard InChI is InChI=1S/C17H16F3N3O3/c1-10-14(7-21-11(2)22-10)16(26)23(9-15(24)25)8-12-3-5-13(6-4-12)17(18,19)20/h3-7H,8-9H2,1-2H3,(H,24,25). The van der Waals surface area contributed by atoms with Crippen molar-refractivity contribution in [1.82, 2.24) is 14.9 Å². The van der Waals surface area contributed by atoms with Crippen molar-refractivity contribution in [2.75, 3.05) is 6.54 Å². The van der Waals surface area contributed by atoms with E-state index < -0.39 is 30.2 Å². The van der Waals surface area contributed by atoms with E-state index in [1.54, 1.807) is 13.8 Å². The molecule has 1 aromatic heterocycles. The Labute approximate surface area is 147 Å². The topological polar surface area (TPSA) is 83.4 Å². The van der Waals surface area contributed by atoms with E-state index in [4.69, 9.17) is 5.11 Å². The second-order valence-corrected chi connectivity index (χ2v) is 5.67. The van der Waals surface area contributed by atoms with E-state index in [0.717, 1.165) is 17.0 Å². The van der Waals surface area contributed by atoms with Gasteiger partial charge >= 0.3 is 12.1 Å². The van der Waals surface area contributed by atoms with Gasteiger partial charge in [-0.15, -0.1) is 0 Å². The van der Waals surface area contributed by atoms with Crippen LogP contribution in [-0.2, 0) is 17.5 Å². The van der Waals surface area contributed by atoms with E-state index in [-0.39, 0.29) is 12.1 Å². The highest BCUT2D eigenvalue weighted by Gasteiger charge is 2.30. The number of amides is 1. The molecular formula is C17H16F3N3O3. The van der Waals surface area contributed by atoms with Crippen LogP contribution in [0, 0.1) is 13.8 Å². The third-order valence-corrected chi connectivity index (χ3v) is 3.60. The van der Waals surface area contributed by atoms with E-state index in [2.05, 4.69) is 9.97 Å². The molecule has 0 aliphatic heterocycles. The van der Waals surface area contributed by atoms with Crippen LogP contribution in [0.25, 0.3) is 0 Å². The number of carboxylic acid groups (broad SMARTS) is 1. The quantitative estimate of drug-likeness (QED) is 0.879. The van der Waals surface area contributed by atoms with Gasteiger partial charge < -0.3 is 10.0 Å². The van der Waals surface area contributed by atoms with Gasteiger partial charge in [0.1, 0.15) is 12.4 Å². The van der Waals surface area contributed by atoms with Gasteiger partial charge in [-0.1, -0.05) is 12.1 Å². The molecule has 1 heterocycles. The molecule has 0 aliphatic rings. The van der Waals surface area contributed by atoms with Crippen LogP contribution in [-0.4, -0.2) is 38.4 Å². The predicted octanol–water partition coefficient (Wildman–Crippen LogP) is 2.84. The van der Waals surface area contributed by atoms with Crippen molar-refractivity contribution in [3.63, 3.8) is 0 Å². The number of hydrogen-bond donors (Lipinski definition) is 1. The lowest BCUT2D eigenvalue weighted by molar-refractivity contribution is -0.138. The molecule has 0 saturated carbocycles. The average Bonchev–Trinajstić information content (AvgIpc) is 2.53. The summed E-state index contributed by atoms with van der Waals surface area (Å²) in [5.41, 5.74) is 0.0903. The zero-order chi connectivity index (χ0) is 19.5. The van der Waals surface area contributed by atoms with Crippen molar-refractivity contribution < 1.29 is 27.9 Å². The van der Waals surface area contributed by atoms with Crippen LogP contribution in [0.4, 0.5) is 13.2 Å². The number of carboxylic acids is 1. The SMILES string of the molecule is Cc1ncc(C(=O)N(CC(=O)O)Cc2ccc(C(F)(F)F)cc2)c(C)n1. The summed E-state index contributed by atoms with van der Waals surface area (Å²) in [6.45, 7) is 2.49. The van der Waals surface area contributed by atoms with Gasteiger partial charge in [0.25, 0.3) is 5.91 Å². The lowest BCUT2D eigenvalue weighted by Gasteiger charge is -2.21. The molecule has 0 bridgehead atoms. The van der Waals surface area contributed by atoms with E-state index in [1.165, 1.54) is 18.3 Å². The molecule has 26 heavy (non-hydrogen) atoms. The molecule has 138 valence electrons. The molecule has 9 heteroatoms. The van der Waals surface area contributed by atoms with Gasteiger partial charge in [-0.25, -0.2) is 9.97 Å². The monoisotopic (exact) mass is 367 g/mol. The molecule has 0 aliphatic carbocycles. The van der Waals surface area contributed by atoms with Gasteiger partial charge in [0, 0.05) is 12.7 Å². The molecule has 0 fully saturated rings. The first-order valence-electron chi connectivity index (χ1n) is 7.55. The molecular weight excluding hydrogens is 351 g/mol. The zero-order valence-electron chi connectivity index (χ0n) is 14.0. The lowest BCUT2D eigenvalue weighted by atomic mass is 10.1. The Hall–Kier alpha value is -2.97. The average molecular weight is 367 g/mol. The first kappa shape index (κ1) is 19.4. The van der Waals surface area contributed by atoms with E-state index in [9.17, 15) is 22.8 Å². The van der Waals surface area contributed by atoms with Crippen molar-refractivity contribution >= 4 is 11.9 Å². The fraction of sp³-hybridized carbons (Fsp3) is 0.294. The second kappa shape index (κ2) is 7.51. The second-order valence-electron chi connectivity index (χ2n) is 5.67. The number of nitrogens with zero attached hydrogens (tertiary/aromatic N) is 3. The number of aryl methyl sites for hydroxylation is 2. The van der Waals surface area contributed by atoms with E-state index in [0.29, 0.717) is 17.1 Å². The van der Waals surface area contributed by atoms with Crippen molar-refractivity contribution in [2.45, 2.75) is 26.6 Å². The van der Waals surface area contributed by atoms with Gasteiger partial charge in [-0.05, 0) is 31.5 Å². The molecule has 1 amide bonds. The molecule has 1 aromatic carbocycles. The number of benzene rings is 1. The van der Waals surface area contributed by atoms with Crippen LogP contribution < -0.4 is 0 Å². The van der Waals surface area contributed by atoms with Crippen molar-refractivity contribution in [3.05, 3.63) is 58.7 Å². The maximum absolute atomic E-state index is 12.6. The summed E-state index contributed by atoms with van der Waals surface area (Å²) in [5.74, 6) is -1.38. The summed E-state index contributed by atoms with van der Waals surface area (Å²) in [6, 6.07) is 4.20. The van der Waals surface area contributed by atoms with Crippen LogP contribution in [0.1, 0.15) is 33.0 Å². The minimum atomic E-state index is -4.47. The maximum atomic E-state index is 12.6. The molecule has 0 unspecified atom stereocenters. The largest absolute Gasteiger partial charge is 0.480 e. The Morgan fingerprint density at radius 3 is 2.27 bits per heavy atom. The summed E-state index contributed by atoms with van der Waals surface area (Å²) in [4.78, 5) is 32.8. The first-order valence-corrected chi connectivity index (χ1v) is 7.55. The zero-order valence-corrected chi connectivity index (χ0v) is 14.0. The Balaban J connectivity index is 2.27. The minimum Gasteiger partial charge on any atom is -0.480 e. The maximum Gasteiger partial charge on any atom is 0.416 e. The van der Waals surface area contributed by atoms with Gasteiger partial charge in [-0.3, -0.25) is 9.59 Å². The number of carbonyl (C=O) groups is 2. The normalized spacial score (nSPS) is 11.3. The van der Waals surface area contributed by atoms with Gasteiger partial charge in [0.05, 0.1) is 16.8 Å². The molecule has 2 aromatic rings. The molecule has 6 nitrogen and oxygen atoms in total. The molecule has 2 rings (SSSR count). The molecule has 0 spiro atoms. The number of alkyl halides is 3. The van der Waals surface area contributed by atoms with E-state index >= 15 is 0 Å². The number of halogens is 3. The fourth-order valence-corrected chi connectivity index (χ4v) is 2.35. The minimum absolute atomic E-state index is 0.142. The van der Waals surface area contributed by atoms with Crippen LogP contribution in [0.15, 0.2) is 30.5 Å². The van der Waals surface area contributed by atoms with Gasteiger partial charge in [0.2, 0.25) is 0 Å². The smallest absolute Gasteiger partial charge is 0.416 e. The summed E-state index contributed by atoms with van der Waals surface area (Å²) in [5, 5.41) is 9.05. The third-order valence-electron chi connectivity index (χ3n) is 3.60. The number of rotatable bonds is 5. The Kier molecular flexibility index (Phi) is 5.59. The summed E-state index contributed by atoms with van der Waals surface area (Å²) in [6.07, 6.45) is -3.16. The molecule has 0 saturated heterocycles. The Bertz CT molecular complexity index is 820. The Morgan fingerprint density at radius 1 is 1.15 bits per heavy atom.